The van der Waals surface area contributed by atoms with Crippen molar-refractivity contribution in [1.29, 1.82) is 0 Å². The van der Waals surface area contributed by atoms with Crippen LogP contribution >= 0.6 is 11.6 Å². The minimum Gasteiger partial charge on any atom is -0.484 e. The average molecular weight is 269 g/mol. The Morgan fingerprint density at radius 2 is 2.28 bits per heavy atom. The van der Waals surface area contributed by atoms with Crippen molar-refractivity contribution in [2.45, 2.75) is 13.5 Å². The third-order valence-electron chi connectivity index (χ3n) is 2.14. The summed E-state index contributed by atoms with van der Waals surface area (Å²) in [6.07, 6.45) is 0. The van der Waals surface area contributed by atoms with Crippen LogP contribution in [0.15, 0.2) is 22.6 Å². The summed E-state index contributed by atoms with van der Waals surface area (Å²) >= 11 is 5.87. The lowest BCUT2D eigenvalue weighted by atomic mass is 10.2. The first-order chi connectivity index (χ1) is 8.56. The zero-order valence-corrected chi connectivity index (χ0v) is 10.1. The van der Waals surface area contributed by atoms with E-state index < -0.39 is 11.9 Å². The molecule has 2 aromatic rings. The smallest absolute Gasteiger partial charge is 0.393 e. The molecule has 0 aliphatic carbocycles. The highest BCUT2D eigenvalue weighted by Crippen LogP contribution is 2.21. The molecular formula is C11H9ClN2O4. The van der Waals surface area contributed by atoms with Gasteiger partial charge in [0.2, 0.25) is 0 Å². The van der Waals surface area contributed by atoms with Crippen molar-refractivity contribution in [3.05, 3.63) is 40.6 Å². The van der Waals surface area contributed by atoms with Gasteiger partial charge in [-0.3, -0.25) is 0 Å². The molecule has 0 spiro atoms. The summed E-state index contributed by atoms with van der Waals surface area (Å²) in [5, 5.41) is 16.1. The lowest BCUT2D eigenvalue weighted by Crippen LogP contribution is -1.96. The van der Waals surface area contributed by atoms with E-state index in [0.717, 1.165) is 5.56 Å². The van der Waals surface area contributed by atoms with E-state index in [0.29, 0.717) is 10.8 Å². The van der Waals surface area contributed by atoms with Gasteiger partial charge in [0.1, 0.15) is 5.75 Å². The van der Waals surface area contributed by atoms with Crippen molar-refractivity contribution in [3.63, 3.8) is 0 Å². The Kier molecular flexibility index (Phi) is 3.47. The van der Waals surface area contributed by atoms with Crippen molar-refractivity contribution in [2.24, 2.45) is 0 Å². The number of benzene rings is 1. The summed E-state index contributed by atoms with van der Waals surface area (Å²) in [7, 11) is 0. The molecule has 0 amide bonds. The molecule has 18 heavy (non-hydrogen) atoms. The highest BCUT2D eigenvalue weighted by Gasteiger charge is 2.13. The zero-order valence-electron chi connectivity index (χ0n) is 9.38. The van der Waals surface area contributed by atoms with E-state index in [9.17, 15) is 4.79 Å². The minimum atomic E-state index is -1.27. The fraction of sp³-hybridized carbons (Fsp3) is 0.182. The lowest BCUT2D eigenvalue weighted by molar-refractivity contribution is 0.0649. The van der Waals surface area contributed by atoms with Crippen molar-refractivity contribution in [1.82, 2.24) is 10.2 Å². The van der Waals surface area contributed by atoms with Gasteiger partial charge >= 0.3 is 11.9 Å². The number of hydrogen-bond acceptors (Lipinski definition) is 5. The first kappa shape index (κ1) is 12.4. The first-order valence-corrected chi connectivity index (χ1v) is 5.38. The van der Waals surface area contributed by atoms with Crippen LogP contribution in [0.5, 0.6) is 5.75 Å². The molecule has 1 N–H and O–H groups in total. The second-order valence-corrected chi connectivity index (χ2v) is 3.91. The maximum Gasteiger partial charge on any atom is 0.393 e. The predicted molar refractivity (Wildman–Crippen MR) is 61.8 cm³/mol. The molecule has 0 atom stereocenters. The standard InChI is InChI=1S/C11H9ClN2O4/c1-6-4-7(2-3-8(6)12)17-5-9-13-14-10(18-9)11(15)16/h2-4H,5H2,1H3,(H,15,16). The van der Waals surface area contributed by atoms with E-state index in [4.69, 9.17) is 25.9 Å². The molecule has 0 aliphatic rings. The van der Waals surface area contributed by atoms with E-state index >= 15 is 0 Å². The van der Waals surface area contributed by atoms with Crippen LogP contribution in [0.1, 0.15) is 22.1 Å². The molecule has 0 bridgehead atoms. The van der Waals surface area contributed by atoms with Gasteiger partial charge in [-0.2, -0.15) is 0 Å². The Labute approximate surface area is 107 Å². The summed E-state index contributed by atoms with van der Waals surface area (Å²) < 4.78 is 10.2. The minimum absolute atomic E-state index is 0.00134. The third-order valence-corrected chi connectivity index (χ3v) is 2.57. The number of aromatic nitrogens is 2. The number of aryl methyl sites for hydroxylation is 1. The van der Waals surface area contributed by atoms with Gasteiger partial charge in [-0.25, -0.2) is 4.79 Å². The number of carbonyl (C=O) groups is 1. The van der Waals surface area contributed by atoms with Crippen LogP contribution in [-0.4, -0.2) is 21.3 Å². The molecule has 0 radical (unpaired) electrons. The van der Waals surface area contributed by atoms with Gasteiger partial charge in [-0.15, -0.1) is 10.2 Å². The Hall–Kier alpha value is -2.08. The normalized spacial score (nSPS) is 10.3. The number of hydrogen-bond donors (Lipinski definition) is 1. The maximum absolute atomic E-state index is 10.5. The van der Waals surface area contributed by atoms with Gasteiger partial charge in [-0.05, 0) is 30.7 Å². The van der Waals surface area contributed by atoms with E-state index in [2.05, 4.69) is 10.2 Å². The van der Waals surface area contributed by atoms with Crippen LogP contribution in [0.2, 0.25) is 5.02 Å². The second kappa shape index (κ2) is 5.05. The third kappa shape index (κ3) is 2.78. The summed E-state index contributed by atoms with van der Waals surface area (Å²) in [5.41, 5.74) is 0.880. The quantitative estimate of drug-likeness (QED) is 0.916. The summed E-state index contributed by atoms with van der Waals surface area (Å²) in [4.78, 5) is 10.5. The molecule has 2 rings (SSSR count). The average Bonchev–Trinajstić information content (AvgIpc) is 2.79. The number of rotatable bonds is 4. The highest BCUT2D eigenvalue weighted by molar-refractivity contribution is 6.31. The molecule has 1 aromatic carbocycles. The molecule has 0 saturated carbocycles. The topological polar surface area (TPSA) is 85.5 Å². The van der Waals surface area contributed by atoms with Gasteiger partial charge in [0.05, 0.1) is 0 Å². The SMILES string of the molecule is Cc1cc(OCc2nnc(C(=O)O)o2)ccc1Cl. The van der Waals surface area contributed by atoms with Crippen LogP contribution in [-0.2, 0) is 6.61 Å². The van der Waals surface area contributed by atoms with Crippen LogP contribution in [0.25, 0.3) is 0 Å². The van der Waals surface area contributed by atoms with Crippen LogP contribution in [0, 0.1) is 6.92 Å². The van der Waals surface area contributed by atoms with E-state index in [1.165, 1.54) is 0 Å². The molecule has 0 aliphatic heterocycles. The Morgan fingerprint density at radius 1 is 1.50 bits per heavy atom. The first-order valence-electron chi connectivity index (χ1n) is 5.01. The highest BCUT2D eigenvalue weighted by atomic mass is 35.5. The number of ether oxygens (including phenoxy) is 1. The Bertz CT molecular complexity index is 582. The molecular weight excluding hydrogens is 260 g/mol. The number of carboxylic acid groups (broad SMARTS) is 1. The van der Waals surface area contributed by atoms with Gasteiger partial charge in [-0.1, -0.05) is 11.6 Å². The number of aromatic carboxylic acids is 1. The monoisotopic (exact) mass is 268 g/mol. The molecule has 0 saturated heterocycles. The Balaban J connectivity index is 2.02. The van der Waals surface area contributed by atoms with Crippen molar-refractivity contribution < 1.29 is 19.1 Å². The lowest BCUT2D eigenvalue weighted by Gasteiger charge is -2.04. The summed E-state index contributed by atoms with van der Waals surface area (Å²) in [6, 6.07) is 5.17. The van der Waals surface area contributed by atoms with Crippen molar-refractivity contribution in [2.75, 3.05) is 0 Å². The molecule has 0 unspecified atom stereocenters. The van der Waals surface area contributed by atoms with E-state index in [-0.39, 0.29) is 12.5 Å². The van der Waals surface area contributed by atoms with Crippen molar-refractivity contribution in [3.8, 4) is 5.75 Å². The largest absolute Gasteiger partial charge is 0.484 e. The van der Waals surface area contributed by atoms with Gasteiger partial charge in [0.25, 0.3) is 5.89 Å². The number of nitrogens with zero attached hydrogens (tertiary/aromatic N) is 2. The molecule has 94 valence electrons. The zero-order chi connectivity index (χ0) is 13.1. The summed E-state index contributed by atoms with van der Waals surface area (Å²) in [6.45, 7) is 1.85. The van der Waals surface area contributed by atoms with Crippen LogP contribution in [0.3, 0.4) is 0 Å². The van der Waals surface area contributed by atoms with E-state index in [1.807, 2.05) is 6.92 Å². The fourth-order valence-electron chi connectivity index (χ4n) is 1.25. The molecule has 6 nitrogen and oxygen atoms in total. The number of halogens is 1. The van der Waals surface area contributed by atoms with Gasteiger partial charge < -0.3 is 14.3 Å². The van der Waals surface area contributed by atoms with Gasteiger partial charge in [0, 0.05) is 5.02 Å². The van der Waals surface area contributed by atoms with Crippen LogP contribution < -0.4 is 4.74 Å². The maximum atomic E-state index is 10.5. The molecule has 0 fully saturated rings. The summed E-state index contributed by atoms with van der Waals surface area (Å²) in [5.74, 6) is -1.04. The molecule has 7 heteroatoms. The van der Waals surface area contributed by atoms with Crippen LogP contribution in [0.4, 0.5) is 0 Å². The van der Waals surface area contributed by atoms with E-state index in [1.54, 1.807) is 18.2 Å². The van der Waals surface area contributed by atoms with Crippen molar-refractivity contribution >= 4 is 17.6 Å². The second-order valence-electron chi connectivity index (χ2n) is 3.51. The fourth-order valence-corrected chi connectivity index (χ4v) is 1.37. The molecule has 1 aromatic heterocycles. The number of carboxylic acids is 1. The molecule has 1 heterocycles. The predicted octanol–water partition coefficient (Wildman–Crippen LogP) is 2.31. The Morgan fingerprint density at radius 3 is 2.89 bits per heavy atom. The van der Waals surface area contributed by atoms with Gasteiger partial charge in [0.15, 0.2) is 6.61 Å².